The second-order valence-electron chi connectivity index (χ2n) is 5.50. The molecule has 4 rings (SSSR count). The topological polar surface area (TPSA) is 38.0 Å². The second-order valence-corrected chi connectivity index (χ2v) is 6.58. The lowest BCUT2D eigenvalue weighted by Crippen LogP contribution is -2.01. The third kappa shape index (κ3) is 2.49. The Morgan fingerprint density at radius 3 is 2.48 bits per heavy atom. The van der Waals surface area contributed by atoms with Crippen molar-refractivity contribution in [3.8, 4) is 0 Å². The molecule has 0 unspecified atom stereocenters. The Morgan fingerprint density at radius 2 is 1.61 bits per heavy atom. The summed E-state index contributed by atoms with van der Waals surface area (Å²) in [7, 11) is 0. The molecule has 0 radical (unpaired) electrons. The fourth-order valence-corrected chi connectivity index (χ4v) is 3.72. The molecule has 0 bridgehead atoms. The van der Waals surface area contributed by atoms with Crippen molar-refractivity contribution in [2.45, 2.75) is 9.79 Å². The summed E-state index contributed by atoms with van der Waals surface area (Å²) in [5.41, 5.74) is 12.1. The van der Waals surface area contributed by atoms with E-state index in [1.807, 2.05) is 30.3 Å². The van der Waals surface area contributed by atoms with Crippen molar-refractivity contribution in [2.24, 2.45) is 0 Å². The summed E-state index contributed by atoms with van der Waals surface area (Å²) in [6.07, 6.45) is 0. The maximum atomic E-state index is 6.08. The van der Waals surface area contributed by atoms with Gasteiger partial charge in [-0.2, -0.15) is 0 Å². The van der Waals surface area contributed by atoms with Gasteiger partial charge in [0.1, 0.15) is 0 Å². The zero-order valence-corrected chi connectivity index (χ0v) is 13.4. The standard InChI is InChI=1S/C20H16N2S/c1-13(15-6-2-3-7-16(15)21)14-10-11-20-18(12-14)22-17-8-4-5-9-19(17)23-20/h2-12,22H,1,21H2. The van der Waals surface area contributed by atoms with Crippen LogP contribution in [-0.4, -0.2) is 0 Å². The van der Waals surface area contributed by atoms with Crippen LogP contribution in [0.4, 0.5) is 17.1 Å². The van der Waals surface area contributed by atoms with Gasteiger partial charge in [-0.05, 0) is 41.5 Å². The highest BCUT2D eigenvalue weighted by Crippen LogP contribution is 2.45. The van der Waals surface area contributed by atoms with Crippen molar-refractivity contribution < 1.29 is 0 Å². The third-order valence-electron chi connectivity index (χ3n) is 3.99. The van der Waals surface area contributed by atoms with Gasteiger partial charge in [0.15, 0.2) is 0 Å². The number of hydrogen-bond acceptors (Lipinski definition) is 3. The molecule has 3 N–H and O–H groups in total. The number of para-hydroxylation sites is 2. The summed E-state index contributed by atoms with van der Waals surface area (Å²) in [6.45, 7) is 4.23. The van der Waals surface area contributed by atoms with Crippen LogP contribution in [0.2, 0.25) is 0 Å². The Bertz CT molecular complexity index is 915. The maximum absolute atomic E-state index is 6.08. The van der Waals surface area contributed by atoms with E-state index in [0.29, 0.717) is 0 Å². The summed E-state index contributed by atoms with van der Waals surface area (Å²) >= 11 is 1.79. The third-order valence-corrected chi connectivity index (χ3v) is 5.14. The Hall–Kier alpha value is -2.65. The van der Waals surface area contributed by atoms with Crippen LogP contribution in [0.3, 0.4) is 0 Å². The lowest BCUT2D eigenvalue weighted by atomic mass is 9.98. The molecule has 2 nitrogen and oxygen atoms in total. The number of hydrogen-bond donors (Lipinski definition) is 2. The minimum Gasteiger partial charge on any atom is -0.398 e. The normalized spacial score (nSPS) is 12.0. The van der Waals surface area contributed by atoms with Crippen LogP contribution < -0.4 is 11.1 Å². The van der Waals surface area contributed by atoms with E-state index in [4.69, 9.17) is 5.73 Å². The van der Waals surface area contributed by atoms with Gasteiger partial charge in [-0.25, -0.2) is 0 Å². The quantitative estimate of drug-likeness (QED) is 0.477. The highest BCUT2D eigenvalue weighted by Gasteiger charge is 2.16. The lowest BCUT2D eigenvalue weighted by molar-refractivity contribution is 1.31. The van der Waals surface area contributed by atoms with E-state index in [0.717, 1.165) is 33.8 Å². The maximum Gasteiger partial charge on any atom is 0.0532 e. The van der Waals surface area contributed by atoms with Crippen LogP contribution in [0.5, 0.6) is 0 Å². The molecule has 0 saturated heterocycles. The lowest BCUT2D eigenvalue weighted by Gasteiger charge is -2.21. The minimum absolute atomic E-state index is 0.753. The number of nitrogen functional groups attached to an aromatic ring is 1. The van der Waals surface area contributed by atoms with Gasteiger partial charge in [0.25, 0.3) is 0 Å². The van der Waals surface area contributed by atoms with Crippen LogP contribution in [0.25, 0.3) is 5.57 Å². The minimum atomic E-state index is 0.753. The second kappa shape index (κ2) is 5.52. The van der Waals surface area contributed by atoms with Crippen molar-refractivity contribution in [1.82, 2.24) is 0 Å². The first kappa shape index (κ1) is 14.0. The number of rotatable bonds is 2. The molecule has 3 heteroatoms. The molecule has 0 atom stereocenters. The SMILES string of the molecule is C=C(c1ccc2c(c1)Nc1ccccc1S2)c1ccccc1N. The zero-order valence-electron chi connectivity index (χ0n) is 12.5. The Balaban J connectivity index is 1.72. The molecular formula is C20H16N2S. The highest BCUT2D eigenvalue weighted by molar-refractivity contribution is 7.99. The molecule has 0 spiro atoms. The Labute approximate surface area is 140 Å². The molecule has 23 heavy (non-hydrogen) atoms. The Kier molecular flexibility index (Phi) is 3.36. The van der Waals surface area contributed by atoms with E-state index >= 15 is 0 Å². The largest absolute Gasteiger partial charge is 0.398 e. The first-order valence-corrected chi connectivity index (χ1v) is 8.26. The van der Waals surface area contributed by atoms with Crippen LogP contribution in [-0.2, 0) is 0 Å². The van der Waals surface area contributed by atoms with Crippen LogP contribution >= 0.6 is 11.8 Å². The first-order chi connectivity index (χ1) is 11.2. The molecular weight excluding hydrogens is 300 g/mol. The van der Waals surface area contributed by atoms with E-state index in [1.165, 1.54) is 9.79 Å². The van der Waals surface area contributed by atoms with Gasteiger partial charge in [0, 0.05) is 21.0 Å². The number of benzene rings is 3. The number of nitrogens with two attached hydrogens (primary N) is 1. The van der Waals surface area contributed by atoms with Gasteiger partial charge in [0.2, 0.25) is 0 Å². The van der Waals surface area contributed by atoms with Crippen LogP contribution in [0, 0.1) is 0 Å². The van der Waals surface area contributed by atoms with Gasteiger partial charge in [-0.15, -0.1) is 0 Å². The van der Waals surface area contributed by atoms with Crippen molar-refractivity contribution in [3.63, 3.8) is 0 Å². The number of fused-ring (bicyclic) bond motifs is 2. The zero-order chi connectivity index (χ0) is 15.8. The van der Waals surface area contributed by atoms with E-state index in [2.05, 4.69) is 48.3 Å². The summed E-state index contributed by atoms with van der Waals surface area (Å²) in [6, 6.07) is 22.6. The average Bonchev–Trinajstić information content (AvgIpc) is 2.59. The molecule has 0 fully saturated rings. The first-order valence-electron chi connectivity index (χ1n) is 7.44. The molecule has 3 aromatic carbocycles. The molecule has 0 saturated carbocycles. The highest BCUT2D eigenvalue weighted by atomic mass is 32.2. The van der Waals surface area contributed by atoms with E-state index in [9.17, 15) is 0 Å². The van der Waals surface area contributed by atoms with Crippen molar-refractivity contribution >= 4 is 34.4 Å². The van der Waals surface area contributed by atoms with E-state index < -0.39 is 0 Å². The van der Waals surface area contributed by atoms with Crippen molar-refractivity contribution in [3.05, 3.63) is 84.4 Å². The summed E-state index contributed by atoms with van der Waals surface area (Å²) in [5.74, 6) is 0. The van der Waals surface area contributed by atoms with E-state index in [1.54, 1.807) is 11.8 Å². The number of nitrogens with one attached hydrogen (secondary N) is 1. The summed E-state index contributed by atoms with van der Waals surface area (Å²) in [4.78, 5) is 2.47. The van der Waals surface area contributed by atoms with Gasteiger partial charge in [0.05, 0.1) is 11.4 Å². The monoisotopic (exact) mass is 316 g/mol. The molecule has 1 heterocycles. The fourth-order valence-electron chi connectivity index (χ4n) is 2.75. The molecule has 112 valence electrons. The van der Waals surface area contributed by atoms with Gasteiger partial charge in [-0.1, -0.05) is 54.7 Å². The molecule has 0 aromatic heterocycles. The molecule has 1 aliphatic rings. The molecule has 3 aromatic rings. The smallest absolute Gasteiger partial charge is 0.0532 e. The average molecular weight is 316 g/mol. The molecule has 0 amide bonds. The summed E-state index contributed by atoms with van der Waals surface area (Å²) < 4.78 is 0. The van der Waals surface area contributed by atoms with Crippen LogP contribution in [0.1, 0.15) is 11.1 Å². The van der Waals surface area contributed by atoms with Crippen molar-refractivity contribution in [1.29, 1.82) is 0 Å². The molecule has 0 aliphatic carbocycles. The van der Waals surface area contributed by atoms with E-state index in [-0.39, 0.29) is 0 Å². The van der Waals surface area contributed by atoms with Gasteiger partial charge in [-0.3, -0.25) is 0 Å². The predicted octanol–water partition coefficient (Wildman–Crippen LogP) is 5.54. The van der Waals surface area contributed by atoms with Gasteiger partial charge < -0.3 is 11.1 Å². The fraction of sp³-hybridized carbons (Fsp3) is 0. The summed E-state index contributed by atoms with van der Waals surface area (Å²) in [5, 5.41) is 3.51. The van der Waals surface area contributed by atoms with Crippen LogP contribution in [0.15, 0.2) is 83.1 Å². The number of anilines is 3. The van der Waals surface area contributed by atoms with Gasteiger partial charge >= 0.3 is 0 Å². The predicted molar refractivity (Wildman–Crippen MR) is 99.3 cm³/mol. The molecule has 1 aliphatic heterocycles. The van der Waals surface area contributed by atoms with Crippen molar-refractivity contribution in [2.75, 3.05) is 11.1 Å². The Morgan fingerprint density at radius 1 is 0.870 bits per heavy atom.